The van der Waals surface area contributed by atoms with E-state index in [4.69, 9.17) is 55.4 Å². The molecule has 2 aromatic rings. The smallest absolute Gasteiger partial charge is 0.338 e. The van der Waals surface area contributed by atoms with E-state index in [0.717, 1.165) is 10.3 Å². The van der Waals surface area contributed by atoms with E-state index in [9.17, 15) is 0 Å². The number of aromatic nitrogens is 6. The number of nitrogens with two attached hydrogens (primary N) is 3. The van der Waals surface area contributed by atoms with Gasteiger partial charge in [0, 0.05) is 35.5 Å². The first-order valence-corrected chi connectivity index (χ1v) is 10.6. The van der Waals surface area contributed by atoms with Gasteiger partial charge in [-0.05, 0) is 6.92 Å². The molecule has 0 bridgehead atoms. The topological polar surface area (TPSA) is 248 Å². The summed E-state index contributed by atoms with van der Waals surface area (Å²) < 4.78 is 29.0. The minimum atomic E-state index is -2.12. The van der Waals surface area contributed by atoms with Crippen molar-refractivity contribution in [2.45, 2.75) is 24.3 Å². The average molecular weight is 547 g/mol. The summed E-state index contributed by atoms with van der Waals surface area (Å²) in [5, 5.41) is 4.88. The standard InChI is InChI=1S/C18H34N12O8/c1-16(31-2,29(36-7)14-25-12(21)26-15(27-14)30(37-8)38-9)17(32-3,18(33-4,34-5)35-6)28-13-23-10(19)22-11(20)24-13/h1-9H3,(H2,21,25,26,27)(H5,19,20,22,23,24,28). The predicted octanol–water partition coefficient (Wildman–Crippen LogP) is -1.49. The van der Waals surface area contributed by atoms with Crippen LogP contribution in [0.15, 0.2) is 0 Å². The van der Waals surface area contributed by atoms with Gasteiger partial charge in [-0.3, -0.25) is 4.84 Å². The molecule has 0 aliphatic carbocycles. The van der Waals surface area contributed by atoms with Crippen molar-refractivity contribution in [1.82, 2.24) is 29.9 Å². The second-order valence-corrected chi connectivity index (χ2v) is 7.13. The second-order valence-electron chi connectivity index (χ2n) is 7.13. The van der Waals surface area contributed by atoms with Crippen LogP contribution in [0.5, 0.6) is 0 Å². The number of rotatable bonds is 15. The highest BCUT2D eigenvalue weighted by atomic mass is 16.9. The Morgan fingerprint density at radius 3 is 1.53 bits per heavy atom. The molecule has 0 aromatic carbocycles. The van der Waals surface area contributed by atoms with Gasteiger partial charge in [0.1, 0.15) is 0 Å². The van der Waals surface area contributed by atoms with E-state index in [0.29, 0.717) is 0 Å². The van der Waals surface area contributed by atoms with Gasteiger partial charge in [0.15, 0.2) is 0 Å². The normalized spacial score (nSPS) is 15.0. The maximum Gasteiger partial charge on any atom is 0.338 e. The van der Waals surface area contributed by atoms with E-state index in [2.05, 4.69) is 35.2 Å². The number of nitrogen functional groups attached to an aromatic ring is 3. The zero-order valence-electron chi connectivity index (χ0n) is 22.6. The number of hydrogen-bond acceptors (Lipinski definition) is 20. The lowest BCUT2D eigenvalue weighted by molar-refractivity contribution is -0.444. The molecule has 214 valence electrons. The van der Waals surface area contributed by atoms with Gasteiger partial charge in [0.25, 0.3) is 17.6 Å². The van der Waals surface area contributed by atoms with Crippen LogP contribution in [0.2, 0.25) is 0 Å². The number of methoxy groups -OCH3 is 5. The molecular weight excluding hydrogens is 512 g/mol. The van der Waals surface area contributed by atoms with Crippen LogP contribution in [-0.4, -0.2) is 104 Å². The fraction of sp³-hybridized carbons (Fsp3) is 0.667. The van der Waals surface area contributed by atoms with Crippen molar-refractivity contribution < 1.29 is 38.2 Å². The zero-order chi connectivity index (χ0) is 28.7. The van der Waals surface area contributed by atoms with Crippen LogP contribution in [0.3, 0.4) is 0 Å². The van der Waals surface area contributed by atoms with Crippen molar-refractivity contribution in [3.8, 4) is 0 Å². The Hall–Kier alpha value is -3.50. The minimum Gasteiger partial charge on any atom is -0.368 e. The van der Waals surface area contributed by atoms with E-state index in [1.165, 1.54) is 63.8 Å². The number of anilines is 6. The highest BCUT2D eigenvalue weighted by Crippen LogP contribution is 2.45. The summed E-state index contributed by atoms with van der Waals surface area (Å²) in [7, 11) is 10.4. The molecule has 20 nitrogen and oxygen atoms in total. The van der Waals surface area contributed by atoms with Crippen molar-refractivity contribution in [2.75, 3.05) is 89.7 Å². The maximum atomic E-state index is 5.99. The lowest BCUT2D eigenvalue weighted by atomic mass is 9.96. The van der Waals surface area contributed by atoms with Crippen LogP contribution in [0.4, 0.5) is 35.7 Å². The van der Waals surface area contributed by atoms with Crippen molar-refractivity contribution in [1.29, 1.82) is 0 Å². The summed E-state index contributed by atoms with van der Waals surface area (Å²) in [6, 6.07) is 0. The highest BCUT2D eigenvalue weighted by Gasteiger charge is 2.70. The van der Waals surface area contributed by atoms with E-state index in [1.54, 1.807) is 0 Å². The lowest BCUT2D eigenvalue weighted by Gasteiger charge is -2.55. The number of ether oxygens (including phenoxy) is 5. The SMILES string of the molecule is CON(OC)c1nc(N)nc(N(OC)C(C)(OC)C(Nc2nc(N)nc(N)n2)(OC)C(OC)(OC)OC)n1. The quantitative estimate of drug-likeness (QED) is 0.147. The lowest BCUT2D eigenvalue weighted by Crippen LogP contribution is -2.79. The molecule has 7 N–H and O–H groups in total. The molecule has 0 amide bonds. The first-order chi connectivity index (χ1) is 18.0. The van der Waals surface area contributed by atoms with Gasteiger partial charge >= 0.3 is 5.97 Å². The van der Waals surface area contributed by atoms with Gasteiger partial charge in [0.05, 0.1) is 21.3 Å². The molecule has 0 saturated carbocycles. The molecule has 0 aliphatic rings. The third kappa shape index (κ3) is 5.23. The fourth-order valence-corrected chi connectivity index (χ4v) is 3.74. The summed E-state index contributed by atoms with van der Waals surface area (Å²) in [6.45, 7) is 1.50. The van der Waals surface area contributed by atoms with Crippen LogP contribution in [-0.2, 0) is 38.2 Å². The van der Waals surface area contributed by atoms with Gasteiger partial charge in [-0.2, -0.15) is 35.0 Å². The molecular formula is C18H34N12O8. The summed E-state index contributed by atoms with van der Waals surface area (Å²) >= 11 is 0. The van der Waals surface area contributed by atoms with E-state index < -0.39 is 17.4 Å². The van der Waals surface area contributed by atoms with Crippen LogP contribution in [0.1, 0.15) is 6.92 Å². The molecule has 2 aromatic heterocycles. The molecule has 0 aliphatic heterocycles. The highest BCUT2D eigenvalue weighted by molar-refractivity contribution is 5.45. The first-order valence-electron chi connectivity index (χ1n) is 10.6. The maximum absolute atomic E-state index is 5.99. The number of nitrogens with zero attached hydrogens (tertiary/aromatic N) is 8. The van der Waals surface area contributed by atoms with Crippen molar-refractivity contribution in [3.63, 3.8) is 0 Å². The van der Waals surface area contributed by atoms with Gasteiger partial charge in [0.2, 0.25) is 29.5 Å². The van der Waals surface area contributed by atoms with Crippen molar-refractivity contribution >= 4 is 35.7 Å². The Bertz CT molecular complexity index is 1030. The second kappa shape index (κ2) is 12.4. The van der Waals surface area contributed by atoms with Crippen LogP contribution in [0.25, 0.3) is 0 Å². The molecule has 0 fully saturated rings. The molecule has 2 atom stereocenters. The van der Waals surface area contributed by atoms with Crippen LogP contribution >= 0.6 is 0 Å². The largest absolute Gasteiger partial charge is 0.368 e. The molecule has 0 radical (unpaired) electrons. The molecule has 38 heavy (non-hydrogen) atoms. The average Bonchev–Trinajstić information content (AvgIpc) is 2.89. The Kier molecular flexibility index (Phi) is 9.99. The van der Waals surface area contributed by atoms with Crippen LogP contribution < -0.4 is 32.8 Å². The van der Waals surface area contributed by atoms with E-state index in [1.807, 2.05) is 0 Å². The Morgan fingerprint density at radius 2 is 1.11 bits per heavy atom. The molecule has 0 spiro atoms. The third-order valence-corrected chi connectivity index (χ3v) is 5.43. The molecule has 2 unspecified atom stereocenters. The van der Waals surface area contributed by atoms with E-state index >= 15 is 0 Å². The molecule has 2 rings (SSSR count). The number of hydroxylamine groups is 1. The minimum absolute atomic E-state index is 0.136. The van der Waals surface area contributed by atoms with Crippen molar-refractivity contribution in [2.24, 2.45) is 0 Å². The summed E-state index contributed by atoms with van der Waals surface area (Å²) in [5.74, 6) is -3.25. The zero-order valence-corrected chi connectivity index (χ0v) is 22.6. The van der Waals surface area contributed by atoms with Crippen LogP contribution in [0, 0.1) is 0 Å². The predicted molar refractivity (Wildman–Crippen MR) is 131 cm³/mol. The first kappa shape index (κ1) is 30.7. The van der Waals surface area contributed by atoms with Gasteiger partial charge in [-0.15, -0.1) is 0 Å². The monoisotopic (exact) mass is 546 g/mol. The summed E-state index contributed by atoms with van der Waals surface area (Å²) in [4.78, 5) is 40.2. The Morgan fingerprint density at radius 1 is 0.605 bits per heavy atom. The van der Waals surface area contributed by atoms with E-state index in [-0.39, 0.29) is 35.7 Å². The van der Waals surface area contributed by atoms with Gasteiger partial charge in [-0.1, -0.05) is 5.23 Å². The number of nitrogens with one attached hydrogen (secondary N) is 1. The molecule has 2 heterocycles. The summed E-state index contributed by atoms with van der Waals surface area (Å²) in [6.07, 6.45) is 0. The van der Waals surface area contributed by atoms with Crippen molar-refractivity contribution in [3.05, 3.63) is 0 Å². The Labute approximate surface area is 218 Å². The molecule has 0 saturated heterocycles. The summed E-state index contributed by atoms with van der Waals surface area (Å²) in [5.41, 5.74) is 13.5. The third-order valence-electron chi connectivity index (χ3n) is 5.43. The number of hydrogen-bond donors (Lipinski definition) is 4. The Balaban J connectivity index is 2.91. The van der Waals surface area contributed by atoms with Gasteiger partial charge < -0.3 is 46.2 Å². The molecule has 20 heteroatoms. The fourth-order valence-electron chi connectivity index (χ4n) is 3.74. The van der Waals surface area contributed by atoms with Gasteiger partial charge in [-0.25, -0.2) is 9.68 Å².